The number of nitrogens with zero attached hydrogens (tertiary/aromatic N) is 1. The maximum atomic E-state index is 9.46. The molecule has 0 radical (unpaired) electrons. The lowest BCUT2D eigenvalue weighted by Gasteiger charge is -2.36. The van der Waals surface area contributed by atoms with E-state index in [-0.39, 0.29) is 17.0 Å². The summed E-state index contributed by atoms with van der Waals surface area (Å²) in [4.78, 5) is 2.33. The predicted molar refractivity (Wildman–Crippen MR) is 76.4 cm³/mol. The fourth-order valence-corrected chi connectivity index (χ4v) is 2.93. The van der Waals surface area contributed by atoms with Crippen LogP contribution in [0.25, 0.3) is 0 Å². The van der Waals surface area contributed by atoms with Gasteiger partial charge < -0.3 is 20.4 Å². The molecule has 4 heteroatoms. The Morgan fingerprint density at radius 2 is 1.84 bits per heavy atom. The standard InChI is InChI=1S/C15H24N2O2/c1-17(2)15(7-3-4-8-15)11-16-10-12-5-6-13(18)14(19)9-12/h5-6,9,16,18-19H,3-4,7-8,10-11H2,1-2H3. The zero-order valence-corrected chi connectivity index (χ0v) is 11.8. The lowest BCUT2D eigenvalue weighted by molar-refractivity contribution is 0.153. The van der Waals surface area contributed by atoms with Crippen molar-refractivity contribution in [3.8, 4) is 11.5 Å². The molecule has 0 aliphatic heterocycles. The number of nitrogens with one attached hydrogen (secondary N) is 1. The van der Waals surface area contributed by atoms with E-state index >= 15 is 0 Å². The molecule has 0 heterocycles. The maximum absolute atomic E-state index is 9.46. The van der Waals surface area contributed by atoms with Crippen molar-refractivity contribution < 1.29 is 10.2 Å². The Balaban J connectivity index is 1.90. The van der Waals surface area contributed by atoms with E-state index in [0.29, 0.717) is 6.54 Å². The summed E-state index contributed by atoms with van der Waals surface area (Å²) < 4.78 is 0. The second kappa shape index (κ2) is 5.80. The topological polar surface area (TPSA) is 55.7 Å². The first-order chi connectivity index (χ1) is 9.03. The Morgan fingerprint density at radius 1 is 1.16 bits per heavy atom. The van der Waals surface area contributed by atoms with Crippen LogP contribution >= 0.6 is 0 Å². The normalized spacial score (nSPS) is 18.1. The first-order valence-electron chi connectivity index (χ1n) is 6.92. The third kappa shape index (κ3) is 3.19. The van der Waals surface area contributed by atoms with Crippen molar-refractivity contribution >= 4 is 0 Å². The maximum Gasteiger partial charge on any atom is 0.157 e. The number of hydrogen-bond donors (Lipinski definition) is 3. The summed E-state index contributed by atoms with van der Waals surface area (Å²) in [5.74, 6) is -0.119. The summed E-state index contributed by atoms with van der Waals surface area (Å²) >= 11 is 0. The van der Waals surface area contributed by atoms with E-state index in [1.807, 2.05) is 6.07 Å². The van der Waals surface area contributed by atoms with Crippen molar-refractivity contribution in [1.82, 2.24) is 10.2 Å². The smallest absolute Gasteiger partial charge is 0.157 e. The van der Waals surface area contributed by atoms with Crippen LogP contribution in [0.3, 0.4) is 0 Å². The van der Waals surface area contributed by atoms with Gasteiger partial charge in [-0.2, -0.15) is 0 Å². The molecule has 3 N–H and O–H groups in total. The van der Waals surface area contributed by atoms with Crippen LogP contribution < -0.4 is 5.32 Å². The molecule has 1 aliphatic carbocycles. The van der Waals surface area contributed by atoms with Crippen molar-refractivity contribution in [2.24, 2.45) is 0 Å². The van der Waals surface area contributed by atoms with E-state index in [0.717, 1.165) is 12.1 Å². The number of phenols is 2. The van der Waals surface area contributed by atoms with Gasteiger partial charge in [0.15, 0.2) is 11.5 Å². The first kappa shape index (κ1) is 14.2. The molecule has 0 aromatic heterocycles. The highest BCUT2D eigenvalue weighted by molar-refractivity contribution is 5.40. The molecule has 0 amide bonds. The predicted octanol–water partition coefficient (Wildman–Crippen LogP) is 2.06. The van der Waals surface area contributed by atoms with Crippen LogP contribution in [0.2, 0.25) is 0 Å². The Hall–Kier alpha value is -1.26. The second-order valence-electron chi connectivity index (χ2n) is 5.75. The highest BCUT2D eigenvalue weighted by atomic mass is 16.3. The quantitative estimate of drug-likeness (QED) is 0.713. The van der Waals surface area contributed by atoms with E-state index in [1.165, 1.54) is 31.7 Å². The van der Waals surface area contributed by atoms with Crippen molar-refractivity contribution in [2.75, 3.05) is 20.6 Å². The molecule has 0 atom stereocenters. The SMILES string of the molecule is CN(C)C1(CNCc2ccc(O)c(O)c2)CCCC1. The fourth-order valence-electron chi connectivity index (χ4n) is 2.93. The number of likely N-dealkylation sites (N-methyl/N-ethyl adjacent to an activating group) is 1. The molecule has 4 nitrogen and oxygen atoms in total. The van der Waals surface area contributed by atoms with Crippen LogP contribution in [0.5, 0.6) is 11.5 Å². The van der Waals surface area contributed by atoms with Crippen molar-refractivity contribution in [2.45, 2.75) is 37.8 Å². The monoisotopic (exact) mass is 264 g/mol. The summed E-state index contributed by atoms with van der Waals surface area (Å²) in [5.41, 5.74) is 1.26. The fraction of sp³-hybridized carbons (Fsp3) is 0.600. The number of rotatable bonds is 5. The molecule has 0 bridgehead atoms. The molecule has 1 aliphatic rings. The summed E-state index contributed by atoms with van der Waals surface area (Å²) in [6, 6.07) is 4.97. The van der Waals surface area contributed by atoms with E-state index in [1.54, 1.807) is 6.07 Å². The lowest BCUT2D eigenvalue weighted by Crippen LogP contribution is -2.49. The lowest BCUT2D eigenvalue weighted by atomic mass is 9.96. The van der Waals surface area contributed by atoms with Crippen molar-refractivity contribution in [1.29, 1.82) is 0 Å². The Kier molecular flexibility index (Phi) is 4.32. The van der Waals surface area contributed by atoms with Gasteiger partial charge in [-0.05, 0) is 44.6 Å². The van der Waals surface area contributed by atoms with Gasteiger partial charge in [-0.25, -0.2) is 0 Å². The first-order valence-corrected chi connectivity index (χ1v) is 6.92. The minimum Gasteiger partial charge on any atom is -0.504 e. The molecule has 19 heavy (non-hydrogen) atoms. The molecule has 1 saturated carbocycles. The summed E-state index contributed by atoms with van der Waals surface area (Å²) in [6.07, 6.45) is 5.10. The molecular formula is C15H24N2O2. The minimum absolute atomic E-state index is 0.0533. The molecule has 1 aromatic carbocycles. The van der Waals surface area contributed by atoms with Crippen LogP contribution in [0, 0.1) is 0 Å². The third-order valence-electron chi connectivity index (χ3n) is 4.31. The number of hydrogen-bond acceptors (Lipinski definition) is 4. The zero-order valence-electron chi connectivity index (χ0n) is 11.8. The molecule has 106 valence electrons. The van der Waals surface area contributed by atoms with Crippen LogP contribution in [0.1, 0.15) is 31.2 Å². The summed E-state index contributed by atoms with van der Waals surface area (Å²) in [7, 11) is 4.30. The molecule has 1 aromatic rings. The molecule has 0 saturated heterocycles. The summed E-state index contributed by atoms with van der Waals surface area (Å²) in [6.45, 7) is 1.67. The second-order valence-corrected chi connectivity index (χ2v) is 5.75. The van der Waals surface area contributed by atoms with Gasteiger partial charge >= 0.3 is 0 Å². The highest BCUT2D eigenvalue weighted by Crippen LogP contribution is 2.33. The Morgan fingerprint density at radius 3 is 2.42 bits per heavy atom. The average molecular weight is 264 g/mol. The molecule has 2 rings (SSSR count). The number of aromatic hydroxyl groups is 2. The number of benzene rings is 1. The van der Waals surface area contributed by atoms with Crippen LogP contribution in [-0.2, 0) is 6.54 Å². The van der Waals surface area contributed by atoms with Crippen LogP contribution in [-0.4, -0.2) is 41.3 Å². The average Bonchev–Trinajstić information content (AvgIpc) is 2.84. The van der Waals surface area contributed by atoms with Crippen LogP contribution in [0.15, 0.2) is 18.2 Å². The van der Waals surface area contributed by atoms with E-state index in [2.05, 4.69) is 24.3 Å². The molecule has 0 unspecified atom stereocenters. The van der Waals surface area contributed by atoms with Gasteiger partial charge in [0.2, 0.25) is 0 Å². The Labute approximate surface area is 115 Å². The van der Waals surface area contributed by atoms with Gasteiger partial charge in [-0.1, -0.05) is 18.9 Å². The summed E-state index contributed by atoms with van der Waals surface area (Å²) in [5, 5.41) is 22.2. The van der Waals surface area contributed by atoms with Gasteiger partial charge in [0.05, 0.1) is 0 Å². The van der Waals surface area contributed by atoms with E-state index in [4.69, 9.17) is 0 Å². The van der Waals surface area contributed by atoms with Gasteiger partial charge in [-0.3, -0.25) is 0 Å². The molecule has 1 fully saturated rings. The van der Waals surface area contributed by atoms with E-state index < -0.39 is 0 Å². The number of phenolic OH excluding ortho intramolecular Hbond substituents is 2. The van der Waals surface area contributed by atoms with Crippen molar-refractivity contribution in [3.05, 3.63) is 23.8 Å². The highest BCUT2D eigenvalue weighted by Gasteiger charge is 2.35. The largest absolute Gasteiger partial charge is 0.504 e. The third-order valence-corrected chi connectivity index (χ3v) is 4.31. The van der Waals surface area contributed by atoms with Gasteiger partial charge in [0, 0.05) is 18.6 Å². The van der Waals surface area contributed by atoms with E-state index in [9.17, 15) is 10.2 Å². The van der Waals surface area contributed by atoms with Gasteiger partial charge in [0.25, 0.3) is 0 Å². The molecule has 0 spiro atoms. The minimum atomic E-state index is -0.0655. The van der Waals surface area contributed by atoms with Gasteiger partial charge in [-0.15, -0.1) is 0 Å². The zero-order chi connectivity index (χ0) is 13.9. The Bertz CT molecular complexity index is 426. The molecular weight excluding hydrogens is 240 g/mol. The van der Waals surface area contributed by atoms with Crippen LogP contribution in [0.4, 0.5) is 0 Å². The van der Waals surface area contributed by atoms with Crippen molar-refractivity contribution in [3.63, 3.8) is 0 Å². The van der Waals surface area contributed by atoms with Gasteiger partial charge in [0.1, 0.15) is 0 Å².